The maximum absolute atomic E-state index is 11.6. The average Bonchev–Trinajstić information content (AvgIpc) is 2.97. The van der Waals surface area contributed by atoms with Crippen molar-refractivity contribution in [1.29, 1.82) is 0 Å². The van der Waals surface area contributed by atoms with Crippen molar-refractivity contribution in [3.63, 3.8) is 0 Å². The molecule has 1 atom stereocenters. The van der Waals surface area contributed by atoms with Crippen LogP contribution in [0.1, 0.15) is 28.9 Å². The first-order valence-electron chi connectivity index (χ1n) is 6.80. The highest BCUT2D eigenvalue weighted by molar-refractivity contribution is 5.97. The Morgan fingerprint density at radius 3 is 2.62 bits per heavy atom. The molecule has 1 aromatic heterocycles. The number of carbonyl (C=O) groups excluding carboxylic acids is 1. The summed E-state index contributed by atoms with van der Waals surface area (Å²) in [5, 5.41) is 9.82. The van der Waals surface area contributed by atoms with E-state index in [9.17, 15) is 4.79 Å². The summed E-state index contributed by atoms with van der Waals surface area (Å²) in [6.45, 7) is 2.12. The van der Waals surface area contributed by atoms with Crippen molar-refractivity contribution in [2.24, 2.45) is 0 Å². The van der Waals surface area contributed by atoms with Crippen LogP contribution in [0.5, 0.6) is 0 Å². The van der Waals surface area contributed by atoms with Crippen LogP contribution in [0, 0.1) is 0 Å². The van der Waals surface area contributed by atoms with E-state index in [1.165, 1.54) is 5.56 Å². The third-order valence-electron chi connectivity index (χ3n) is 3.79. The van der Waals surface area contributed by atoms with Crippen LogP contribution in [0.25, 0.3) is 10.9 Å². The molecule has 106 valence electrons. The third-order valence-corrected chi connectivity index (χ3v) is 3.79. The first-order valence-corrected chi connectivity index (χ1v) is 6.80. The molecule has 2 N–H and O–H groups in total. The molecule has 0 saturated heterocycles. The average molecular weight is 280 g/mol. The summed E-state index contributed by atoms with van der Waals surface area (Å²) < 4.78 is 2.12. The minimum Gasteiger partial charge on any atom is -0.340 e. The SMILES string of the molecule is CC(c1ccccc1)n1ccc2ccc(C(=O)NO)cc21. The molecule has 4 heteroatoms. The topological polar surface area (TPSA) is 54.3 Å². The lowest BCUT2D eigenvalue weighted by Crippen LogP contribution is -2.18. The van der Waals surface area contributed by atoms with Gasteiger partial charge in [0, 0.05) is 17.3 Å². The van der Waals surface area contributed by atoms with Gasteiger partial charge < -0.3 is 4.57 Å². The summed E-state index contributed by atoms with van der Waals surface area (Å²) in [5.74, 6) is -0.503. The first kappa shape index (κ1) is 13.4. The quantitative estimate of drug-likeness (QED) is 0.571. The van der Waals surface area contributed by atoms with Crippen LogP contribution in [0.2, 0.25) is 0 Å². The molecule has 1 unspecified atom stereocenters. The Morgan fingerprint density at radius 2 is 1.90 bits per heavy atom. The molecular weight excluding hydrogens is 264 g/mol. The molecule has 1 heterocycles. The lowest BCUT2D eigenvalue weighted by atomic mass is 10.1. The van der Waals surface area contributed by atoms with Gasteiger partial charge in [0.05, 0.1) is 6.04 Å². The highest BCUT2D eigenvalue weighted by Gasteiger charge is 2.12. The van der Waals surface area contributed by atoms with Gasteiger partial charge in [0.2, 0.25) is 0 Å². The van der Waals surface area contributed by atoms with Crippen LogP contribution in [0.15, 0.2) is 60.8 Å². The van der Waals surface area contributed by atoms with E-state index in [4.69, 9.17) is 5.21 Å². The van der Waals surface area contributed by atoms with Gasteiger partial charge in [-0.3, -0.25) is 10.0 Å². The van der Waals surface area contributed by atoms with Gasteiger partial charge >= 0.3 is 0 Å². The van der Waals surface area contributed by atoms with Gasteiger partial charge in [0.15, 0.2) is 0 Å². The standard InChI is InChI=1S/C17H16N2O2/c1-12(13-5-3-2-4-6-13)19-10-9-14-7-8-15(11-16(14)19)17(20)18-21/h2-12,21H,1H3,(H,18,20). The Bertz CT molecular complexity index is 778. The molecule has 0 bridgehead atoms. The van der Waals surface area contributed by atoms with E-state index in [-0.39, 0.29) is 6.04 Å². The number of hydrogen-bond donors (Lipinski definition) is 2. The van der Waals surface area contributed by atoms with Crippen LogP contribution in [-0.4, -0.2) is 15.7 Å². The summed E-state index contributed by atoms with van der Waals surface area (Å²) in [4.78, 5) is 11.6. The molecule has 3 rings (SSSR count). The lowest BCUT2D eigenvalue weighted by molar-refractivity contribution is 0.0706. The Morgan fingerprint density at radius 1 is 1.14 bits per heavy atom. The number of amides is 1. The number of nitrogens with zero attached hydrogens (tertiary/aromatic N) is 1. The molecule has 1 amide bonds. The van der Waals surface area contributed by atoms with Crippen molar-refractivity contribution < 1.29 is 10.0 Å². The predicted octanol–water partition coefficient (Wildman–Crippen LogP) is 3.37. The molecule has 0 aliphatic rings. The van der Waals surface area contributed by atoms with Crippen molar-refractivity contribution in [2.45, 2.75) is 13.0 Å². The molecule has 0 aliphatic heterocycles. The summed E-state index contributed by atoms with van der Waals surface area (Å²) in [7, 11) is 0. The van der Waals surface area contributed by atoms with Crippen molar-refractivity contribution in [1.82, 2.24) is 10.0 Å². The second kappa shape index (κ2) is 5.42. The fourth-order valence-electron chi connectivity index (χ4n) is 2.58. The first-order chi connectivity index (χ1) is 10.2. The number of hydroxylamine groups is 1. The van der Waals surface area contributed by atoms with E-state index < -0.39 is 5.91 Å². The zero-order valence-corrected chi connectivity index (χ0v) is 11.7. The van der Waals surface area contributed by atoms with Crippen LogP contribution < -0.4 is 5.48 Å². The maximum atomic E-state index is 11.6. The van der Waals surface area contributed by atoms with Gasteiger partial charge in [-0.15, -0.1) is 0 Å². The van der Waals surface area contributed by atoms with Crippen molar-refractivity contribution in [3.05, 3.63) is 71.9 Å². The van der Waals surface area contributed by atoms with E-state index in [2.05, 4.69) is 23.6 Å². The van der Waals surface area contributed by atoms with Crippen LogP contribution >= 0.6 is 0 Å². The molecule has 0 aliphatic carbocycles. The summed E-state index contributed by atoms with van der Waals surface area (Å²) in [6, 6.07) is 17.8. The van der Waals surface area contributed by atoms with E-state index in [1.54, 1.807) is 17.6 Å². The van der Waals surface area contributed by atoms with Crippen LogP contribution in [0.3, 0.4) is 0 Å². The number of hydrogen-bond acceptors (Lipinski definition) is 2. The highest BCUT2D eigenvalue weighted by atomic mass is 16.5. The van der Waals surface area contributed by atoms with Crippen LogP contribution in [0.4, 0.5) is 0 Å². The fourth-order valence-corrected chi connectivity index (χ4v) is 2.58. The van der Waals surface area contributed by atoms with Gasteiger partial charge in [0.1, 0.15) is 0 Å². The van der Waals surface area contributed by atoms with Crippen molar-refractivity contribution in [2.75, 3.05) is 0 Å². The molecule has 0 spiro atoms. The molecule has 2 aromatic carbocycles. The van der Waals surface area contributed by atoms with E-state index >= 15 is 0 Å². The van der Waals surface area contributed by atoms with Gasteiger partial charge in [-0.25, -0.2) is 5.48 Å². The van der Waals surface area contributed by atoms with E-state index in [1.807, 2.05) is 36.5 Å². The minimum absolute atomic E-state index is 0.163. The largest absolute Gasteiger partial charge is 0.340 e. The fraction of sp³-hybridized carbons (Fsp3) is 0.118. The van der Waals surface area contributed by atoms with Crippen molar-refractivity contribution in [3.8, 4) is 0 Å². The van der Waals surface area contributed by atoms with Crippen molar-refractivity contribution >= 4 is 16.8 Å². The number of carbonyl (C=O) groups is 1. The second-order valence-electron chi connectivity index (χ2n) is 5.02. The molecule has 0 saturated carbocycles. The Labute approximate surface area is 122 Å². The number of nitrogens with one attached hydrogen (secondary N) is 1. The second-order valence-corrected chi connectivity index (χ2v) is 5.02. The number of fused-ring (bicyclic) bond motifs is 1. The Balaban J connectivity index is 2.08. The zero-order chi connectivity index (χ0) is 14.8. The highest BCUT2D eigenvalue weighted by Crippen LogP contribution is 2.25. The molecule has 0 radical (unpaired) electrons. The molecule has 21 heavy (non-hydrogen) atoms. The normalized spacial score (nSPS) is 12.3. The summed E-state index contributed by atoms with van der Waals surface area (Å²) in [5.41, 5.74) is 4.27. The lowest BCUT2D eigenvalue weighted by Gasteiger charge is -2.16. The van der Waals surface area contributed by atoms with Gasteiger partial charge in [0.25, 0.3) is 5.91 Å². The van der Waals surface area contributed by atoms with Gasteiger partial charge in [-0.1, -0.05) is 36.4 Å². The molecule has 0 fully saturated rings. The van der Waals surface area contributed by atoms with E-state index in [0.717, 1.165) is 10.9 Å². The maximum Gasteiger partial charge on any atom is 0.274 e. The third kappa shape index (κ3) is 2.41. The van der Waals surface area contributed by atoms with Gasteiger partial charge in [-0.2, -0.15) is 0 Å². The van der Waals surface area contributed by atoms with E-state index in [0.29, 0.717) is 5.56 Å². The zero-order valence-electron chi connectivity index (χ0n) is 11.7. The Hall–Kier alpha value is -2.59. The monoisotopic (exact) mass is 280 g/mol. The molecule has 4 nitrogen and oxygen atoms in total. The minimum atomic E-state index is -0.503. The number of aromatic nitrogens is 1. The molecular formula is C17H16N2O2. The number of benzene rings is 2. The molecule has 3 aromatic rings. The number of rotatable bonds is 3. The smallest absolute Gasteiger partial charge is 0.274 e. The van der Waals surface area contributed by atoms with Gasteiger partial charge in [-0.05, 0) is 36.1 Å². The summed E-state index contributed by atoms with van der Waals surface area (Å²) >= 11 is 0. The Kier molecular flexibility index (Phi) is 3.46. The predicted molar refractivity (Wildman–Crippen MR) is 81.4 cm³/mol. The van der Waals surface area contributed by atoms with Crippen LogP contribution in [-0.2, 0) is 0 Å². The summed E-state index contributed by atoms with van der Waals surface area (Å²) in [6.07, 6.45) is 2.02.